The van der Waals surface area contributed by atoms with Gasteiger partial charge < -0.3 is 14.8 Å². The molecule has 0 atom stereocenters. The number of nitrogens with zero attached hydrogens (tertiary/aromatic N) is 2. The topological polar surface area (TPSA) is 65.4 Å². The van der Waals surface area contributed by atoms with Crippen LogP contribution in [0.5, 0.6) is 11.5 Å². The first-order valence-electron chi connectivity index (χ1n) is 7.98. The number of aromatic nitrogens is 2. The first-order chi connectivity index (χ1) is 11.6. The summed E-state index contributed by atoms with van der Waals surface area (Å²) in [5, 5.41) is 7.06. The molecule has 0 spiro atoms. The average molecular weight is 396 g/mol. The molecular weight excluding hydrogens is 374 g/mol. The van der Waals surface area contributed by atoms with Crippen LogP contribution in [0.2, 0.25) is 0 Å². The van der Waals surface area contributed by atoms with E-state index in [-0.39, 0.29) is 5.91 Å². The van der Waals surface area contributed by atoms with Gasteiger partial charge in [0, 0.05) is 13.1 Å². The molecule has 1 amide bonds. The number of hydrogen-bond donors (Lipinski definition) is 1. The van der Waals surface area contributed by atoms with E-state index in [0.717, 1.165) is 5.56 Å². The number of carbonyl (C=O) groups excluding carboxylic acids is 1. The molecule has 0 aliphatic rings. The molecule has 1 heterocycles. The van der Waals surface area contributed by atoms with Gasteiger partial charge in [-0.25, -0.2) is 0 Å². The van der Waals surface area contributed by atoms with E-state index in [1.54, 1.807) is 10.9 Å². The number of halogens is 1. The maximum atomic E-state index is 12.4. The molecule has 7 heteroatoms. The summed E-state index contributed by atoms with van der Waals surface area (Å²) in [7, 11) is 0. The molecule has 0 saturated carbocycles. The van der Waals surface area contributed by atoms with Gasteiger partial charge >= 0.3 is 0 Å². The smallest absolute Gasteiger partial charge is 0.270 e. The SMILES string of the molecule is CCOc1ccc(CNC(=O)c2c(Br)cnn2CC)cc1OCC. The van der Waals surface area contributed by atoms with Crippen LogP contribution in [0.25, 0.3) is 0 Å². The third-order valence-electron chi connectivity index (χ3n) is 3.37. The van der Waals surface area contributed by atoms with Crippen molar-refractivity contribution >= 4 is 21.8 Å². The Balaban J connectivity index is 2.09. The van der Waals surface area contributed by atoms with E-state index in [1.165, 1.54) is 0 Å². The number of rotatable bonds is 8. The second-order valence-corrected chi connectivity index (χ2v) is 5.84. The average Bonchev–Trinajstić information content (AvgIpc) is 2.96. The monoisotopic (exact) mass is 395 g/mol. The second-order valence-electron chi connectivity index (χ2n) is 4.99. The number of ether oxygens (including phenoxy) is 2. The lowest BCUT2D eigenvalue weighted by atomic mass is 10.2. The Morgan fingerprint density at radius 3 is 2.58 bits per heavy atom. The minimum atomic E-state index is -0.173. The number of hydrogen-bond acceptors (Lipinski definition) is 4. The molecule has 1 aromatic carbocycles. The first kappa shape index (κ1) is 18.3. The van der Waals surface area contributed by atoms with E-state index in [4.69, 9.17) is 9.47 Å². The number of nitrogens with one attached hydrogen (secondary N) is 1. The fourth-order valence-electron chi connectivity index (χ4n) is 2.30. The standard InChI is InChI=1S/C17H22BrN3O3/c1-4-21-16(13(18)11-20-21)17(22)19-10-12-7-8-14(23-5-2)15(9-12)24-6-3/h7-9,11H,4-6,10H2,1-3H3,(H,19,22). The highest BCUT2D eigenvalue weighted by Gasteiger charge is 2.16. The highest BCUT2D eigenvalue weighted by Crippen LogP contribution is 2.28. The Morgan fingerprint density at radius 2 is 1.92 bits per heavy atom. The molecule has 0 aliphatic carbocycles. The molecule has 0 fully saturated rings. The van der Waals surface area contributed by atoms with Crippen molar-refractivity contribution in [3.8, 4) is 11.5 Å². The molecule has 0 unspecified atom stereocenters. The van der Waals surface area contributed by atoms with E-state index in [1.807, 2.05) is 39.0 Å². The van der Waals surface area contributed by atoms with Gasteiger partial charge in [0.1, 0.15) is 5.69 Å². The summed E-state index contributed by atoms with van der Waals surface area (Å²) < 4.78 is 13.5. The van der Waals surface area contributed by atoms with Crippen molar-refractivity contribution in [3.05, 3.63) is 40.1 Å². The molecule has 0 aliphatic heterocycles. The molecule has 24 heavy (non-hydrogen) atoms. The third kappa shape index (κ3) is 4.29. The largest absolute Gasteiger partial charge is 0.490 e. The zero-order chi connectivity index (χ0) is 17.5. The normalized spacial score (nSPS) is 10.5. The summed E-state index contributed by atoms with van der Waals surface area (Å²) in [6.45, 7) is 7.95. The van der Waals surface area contributed by atoms with E-state index in [2.05, 4.69) is 26.3 Å². The van der Waals surface area contributed by atoms with Crippen molar-refractivity contribution < 1.29 is 14.3 Å². The van der Waals surface area contributed by atoms with Gasteiger partial charge in [0.15, 0.2) is 11.5 Å². The van der Waals surface area contributed by atoms with E-state index in [9.17, 15) is 4.79 Å². The summed E-state index contributed by atoms with van der Waals surface area (Å²) >= 11 is 3.36. The lowest BCUT2D eigenvalue weighted by molar-refractivity contribution is 0.0939. The van der Waals surface area contributed by atoms with Crippen LogP contribution in [0.15, 0.2) is 28.9 Å². The van der Waals surface area contributed by atoms with Crippen molar-refractivity contribution in [2.45, 2.75) is 33.9 Å². The highest BCUT2D eigenvalue weighted by molar-refractivity contribution is 9.10. The summed E-state index contributed by atoms with van der Waals surface area (Å²) in [4.78, 5) is 12.4. The van der Waals surface area contributed by atoms with Gasteiger partial charge in [0.25, 0.3) is 5.91 Å². The number of carbonyl (C=O) groups is 1. The third-order valence-corrected chi connectivity index (χ3v) is 3.95. The number of aryl methyl sites for hydroxylation is 1. The Labute approximate surface area is 150 Å². The molecule has 0 radical (unpaired) electrons. The fourth-order valence-corrected chi connectivity index (χ4v) is 2.78. The zero-order valence-corrected chi connectivity index (χ0v) is 15.7. The second kappa shape index (κ2) is 8.73. The van der Waals surface area contributed by atoms with Gasteiger partial charge in [-0.05, 0) is 54.4 Å². The van der Waals surface area contributed by atoms with E-state index < -0.39 is 0 Å². The Kier molecular flexibility index (Phi) is 6.66. The van der Waals surface area contributed by atoms with Crippen molar-refractivity contribution in [2.24, 2.45) is 0 Å². The van der Waals surface area contributed by atoms with Gasteiger partial charge in [0.05, 0.1) is 23.9 Å². The summed E-state index contributed by atoms with van der Waals surface area (Å²) in [5.74, 6) is 1.22. The van der Waals surface area contributed by atoms with Crippen LogP contribution < -0.4 is 14.8 Å². The zero-order valence-electron chi connectivity index (χ0n) is 14.1. The first-order valence-corrected chi connectivity index (χ1v) is 8.77. The van der Waals surface area contributed by atoms with Crippen LogP contribution in [-0.2, 0) is 13.1 Å². The van der Waals surface area contributed by atoms with Gasteiger partial charge in [-0.2, -0.15) is 5.10 Å². The van der Waals surface area contributed by atoms with E-state index in [0.29, 0.717) is 48.0 Å². The van der Waals surface area contributed by atoms with E-state index >= 15 is 0 Å². The van der Waals surface area contributed by atoms with Gasteiger partial charge in [-0.3, -0.25) is 9.48 Å². The Hall–Kier alpha value is -2.02. The maximum Gasteiger partial charge on any atom is 0.270 e. The summed E-state index contributed by atoms with van der Waals surface area (Å²) in [5.41, 5.74) is 1.46. The van der Waals surface area contributed by atoms with Crippen LogP contribution in [0, 0.1) is 0 Å². The molecule has 130 valence electrons. The molecule has 6 nitrogen and oxygen atoms in total. The molecule has 1 N–H and O–H groups in total. The summed E-state index contributed by atoms with van der Waals surface area (Å²) in [6.07, 6.45) is 1.63. The fraction of sp³-hybridized carbons (Fsp3) is 0.412. The number of benzene rings is 1. The molecule has 0 bridgehead atoms. The Morgan fingerprint density at radius 1 is 1.21 bits per heavy atom. The van der Waals surface area contributed by atoms with Crippen molar-refractivity contribution in [3.63, 3.8) is 0 Å². The number of amides is 1. The minimum Gasteiger partial charge on any atom is -0.490 e. The van der Waals surface area contributed by atoms with Gasteiger partial charge in [0.2, 0.25) is 0 Å². The molecular formula is C17H22BrN3O3. The van der Waals surface area contributed by atoms with Crippen molar-refractivity contribution in [1.82, 2.24) is 15.1 Å². The maximum absolute atomic E-state index is 12.4. The van der Waals surface area contributed by atoms with Crippen LogP contribution in [0.3, 0.4) is 0 Å². The van der Waals surface area contributed by atoms with Crippen LogP contribution in [-0.4, -0.2) is 28.9 Å². The Bertz CT molecular complexity index is 700. The predicted octanol–water partition coefficient (Wildman–Crippen LogP) is 3.39. The molecule has 1 aromatic heterocycles. The van der Waals surface area contributed by atoms with Crippen molar-refractivity contribution in [2.75, 3.05) is 13.2 Å². The highest BCUT2D eigenvalue weighted by atomic mass is 79.9. The van der Waals surface area contributed by atoms with Gasteiger partial charge in [-0.1, -0.05) is 6.07 Å². The lowest BCUT2D eigenvalue weighted by Crippen LogP contribution is -2.26. The van der Waals surface area contributed by atoms with Crippen molar-refractivity contribution in [1.29, 1.82) is 0 Å². The van der Waals surface area contributed by atoms with Gasteiger partial charge in [-0.15, -0.1) is 0 Å². The molecule has 2 aromatic rings. The van der Waals surface area contributed by atoms with Crippen LogP contribution in [0.4, 0.5) is 0 Å². The quantitative estimate of drug-likeness (QED) is 0.743. The minimum absolute atomic E-state index is 0.173. The lowest BCUT2D eigenvalue weighted by Gasteiger charge is -2.13. The molecule has 2 rings (SSSR count). The van der Waals surface area contributed by atoms with Crippen LogP contribution in [0.1, 0.15) is 36.8 Å². The predicted molar refractivity (Wildman–Crippen MR) is 95.6 cm³/mol. The summed E-state index contributed by atoms with van der Waals surface area (Å²) in [6, 6.07) is 5.67. The molecule has 0 saturated heterocycles. The van der Waals surface area contributed by atoms with Crippen LogP contribution >= 0.6 is 15.9 Å².